The van der Waals surface area contributed by atoms with E-state index < -0.39 is 17.1 Å². The van der Waals surface area contributed by atoms with Crippen LogP contribution in [0.4, 0.5) is 4.79 Å². The van der Waals surface area contributed by atoms with Crippen molar-refractivity contribution in [2.24, 2.45) is 0 Å². The summed E-state index contributed by atoms with van der Waals surface area (Å²) in [4.78, 5) is 33.5. The zero-order valence-corrected chi connectivity index (χ0v) is 7.63. The van der Waals surface area contributed by atoms with Gasteiger partial charge in [0.2, 0.25) is 0 Å². The van der Waals surface area contributed by atoms with Gasteiger partial charge in [-0.15, -0.1) is 0 Å². The van der Waals surface area contributed by atoms with Crippen molar-refractivity contribution in [2.75, 3.05) is 6.54 Å². The van der Waals surface area contributed by atoms with Gasteiger partial charge >= 0.3 is 5.97 Å². The van der Waals surface area contributed by atoms with Crippen LogP contribution in [0.2, 0.25) is 0 Å². The molecule has 70 valence electrons. The van der Waals surface area contributed by atoms with Crippen LogP contribution < -0.4 is 0 Å². The van der Waals surface area contributed by atoms with E-state index in [1.54, 1.807) is 6.92 Å². The van der Waals surface area contributed by atoms with Crippen LogP contribution in [0.25, 0.3) is 0 Å². The van der Waals surface area contributed by atoms with E-state index in [2.05, 4.69) is 0 Å². The van der Waals surface area contributed by atoms with Crippen LogP contribution in [-0.4, -0.2) is 33.7 Å². The Morgan fingerprint density at radius 2 is 2.23 bits per heavy atom. The molecule has 1 fully saturated rings. The first-order chi connectivity index (χ1) is 6.06. The van der Waals surface area contributed by atoms with Gasteiger partial charge in [-0.2, -0.15) is 0 Å². The molecule has 1 N–H and O–H groups in total. The number of imide groups is 1. The first kappa shape index (κ1) is 9.79. The minimum atomic E-state index is -1.22. The Hall–Kier alpha value is -1.30. The number of thioether (sulfide) groups is 1. The summed E-state index contributed by atoms with van der Waals surface area (Å²) in [7, 11) is 0. The molecule has 1 aliphatic heterocycles. The number of hydrogen-bond donors (Lipinski definition) is 1. The number of carboxylic acid groups (broad SMARTS) is 1. The van der Waals surface area contributed by atoms with Crippen LogP contribution in [0.5, 0.6) is 0 Å². The summed E-state index contributed by atoms with van der Waals surface area (Å²) in [6.07, 6.45) is 0.751. The van der Waals surface area contributed by atoms with Crippen LogP contribution in [0.1, 0.15) is 6.92 Å². The Morgan fingerprint density at radius 1 is 1.62 bits per heavy atom. The first-order valence-electron chi connectivity index (χ1n) is 3.54. The molecule has 0 aromatic rings. The van der Waals surface area contributed by atoms with Crippen molar-refractivity contribution in [1.82, 2.24) is 4.90 Å². The van der Waals surface area contributed by atoms with Gasteiger partial charge in [-0.05, 0) is 18.7 Å². The van der Waals surface area contributed by atoms with E-state index in [-0.39, 0.29) is 11.4 Å². The molecule has 0 radical (unpaired) electrons. The molecule has 0 aliphatic carbocycles. The van der Waals surface area contributed by atoms with Gasteiger partial charge in [0.05, 0.1) is 4.91 Å². The molecular weight excluding hydrogens is 194 g/mol. The molecule has 5 nitrogen and oxygen atoms in total. The molecule has 0 aromatic carbocycles. The second-order valence-electron chi connectivity index (χ2n) is 2.26. The molecule has 0 unspecified atom stereocenters. The standard InChI is InChI=1S/C7H7NO4S/c1-2-8-6(11)4(3-5(9)10)13-7(8)12/h3H,2H2,1H3,(H,9,10). The molecule has 0 saturated carbocycles. The molecule has 1 saturated heterocycles. The van der Waals surface area contributed by atoms with Crippen LogP contribution >= 0.6 is 11.8 Å². The zero-order chi connectivity index (χ0) is 10.0. The highest BCUT2D eigenvalue weighted by atomic mass is 32.2. The monoisotopic (exact) mass is 201 g/mol. The number of amides is 2. The van der Waals surface area contributed by atoms with Gasteiger partial charge in [-0.1, -0.05) is 0 Å². The summed E-state index contributed by atoms with van der Waals surface area (Å²) in [5, 5.41) is 7.95. The highest BCUT2D eigenvalue weighted by Gasteiger charge is 2.34. The summed E-state index contributed by atoms with van der Waals surface area (Å²) >= 11 is 0.652. The van der Waals surface area contributed by atoms with Crippen molar-refractivity contribution in [3.05, 3.63) is 11.0 Å². The molecule has 2 amide bonds. The lowest BCUT2D eigenvalue weighted by Gasteiger charge is -2.06. The lowest BCUT2D eigenvalue weighted by molar-refractivity contribution is -0.132. The summed E-state index contributed by atoms with van der Waals surface area (Å²) in [6.45, 7) is 1.92. The van der Waals surface area contributed by atoms with Crippen molar-refractivity contribution in [3.8, 4) is 0 Å². The molecule has 1 rings (SSSR count). The Balaban J connectivity index is 2.91. The number of carbonyl (C=O) groups excluding carboxylic acids is 2. The third kappa shape index (κ3) is 1.89. The van der Waals surface area contributed by atoms with Crippen LogP contribution in [0, 0.1) is 0 Å². The molecule has 1 heterocycles. The fraction of sp³-hybridized carbons (Fsp3) is 0.286. The van der Waals surface area contributed by atoms with Crippen LogP contribution in [0.15, 0.2) is 11.0 Å². The topological polar surface area (TPSA) is 74.7 Å². The van der Waals surface area contributed by atoms with Gasteiger partial charge in [0.15, 0.2) is 0 Å². The number of nitrogens with zero attached hydrogens (tertiary/aromatic N) is 1. The van der Waals surface area contributed by atoms with Crippen LogP contribution in [0.3, 0.4) is 0 Å². The fourth-order valence-electron chi connectivity index (χ4n) is 0.885. The Morgan fingerprint density at radius 3 is 2.62 bits per heavy atom. The predicted octanol–water partition coefficient (Wildman–Crippen LogP) is 0.670. The molecule has 6 heteroatoms. The van der Waals surface area contributed by atoms with Crippen molar-refractivity contribution >= 4 is 28.9 Å². The largest absolute Gasteiger partial charge is 0.478 e. The van der Waals surface area contributed by atoms with Crippen LogP contribution in [-0.2, 0) is 9.59 Å². The summed E-state index contributed by atoms with van der Waals surface area (Å²) in [5.41, 5.74) is 0. The van der Waals surface area contributed by atoms with Gasteiger partial charge in [0.25, 0.3) is 11.1 Å². The third-order valence-corrected chi connectivity index (χ3v) is 2.35. The molecule has 13 heavy (non-hydrogen) atoms. The average Bonchev–Trinajstić information content (AvgIpc) is 2.26. The quantitative estimate of drug-likeness (QED) is 0.664. The number of likely N-dealkylation sites (N-methyl/N-ethyl adjacent to an activating group) is 1. The van der Waals surface area contributed by atoms with Crippen molar-refractivity contribution in [1.29, 1.82) is 0 Å². The Labute approximate surface area is 78.4 Å². The Bertz CT molecular complexity index is 310. The van der Waals surface area contributed by atoms with E-state index in [0.29, 0.717) is 11.8 Å². The smallest absolute Gasteiger partial charge is 0.329 e. The average molecular weight is 201 g/mol. The summed E-state index contributed by atoms with van der Waals surface area (Å²) < 4.78 is 0. The lowest BCUT2D eigenvalue weighted by Crippen LogP contribution is -2.27. The molecule has 0 bridgehead atoms. The zero-order valence-electron chi connectivity index (χ0n) is 6.81. The minimum absolute atomic E-state index is 0.0284. The van der Waals surface area contributed by atoms with Gasteiger partial charge in [0, 0.05) is 12.6 Å². The number of carbonyl (C=O) groups is 3. The second kappa shape index (κ2) is 3.61. The second-order valence-corrected chi connectivity index (χ2v) is 3.26. The van der Waals surface area contributed by atoms with Crippen molar-refractivity contribution < 1.29 is 19.5 Å². The van der Waals surface area contributed by atoms with Gasteiger partial charge in [0.1, 0.15) is 0 Å². The van der Waals surface area contributed by atoms with E-state index in [0.717, 1.165) is 11.0 Å². The van der Waals surface area contributed by atoms with Crippen molar-refractivity contribution in [3.63, 3.8) is 0 Å². The minimum Gasteiger partial charge on any atom is -0.478 e. The highest BCUT2D eigenvalue weighted by molar-refractivity contribution is 8.18. The lowest BCUT2D eigenvalue weighted by atomic mass is 10.4. The summed E-state index contributed by atoms with van der Waals surface area (Å²) in [6, 6.07) is 0. The SMILES string of the molecule is CCN1C(=O)SC(=CC(=O)O)C1=O. The van der Waals surface area contributed by atoms with Gasteiger partial charge < -0.3 is 5.11 Å². The van der Waals surface area contributed by atoms with Crippen molar-refractivity contribution in [2.45, 2.75) is 6.92 Å². The highest BCUT2D eigenvalue weighted by Crippen LogP contribution is 2.29. The first-order valence-corrected chi connectivity index (χ1v) is 4.36. The van der Waals surface area contributed by atoms with Gasteiger partial charge in [-0.3, -0.25) is 14.5 Å². The van der Waals surface area contributed by atoms with E-state index in [9.17, 15) is 14.4 Å². The normalized spacial score (nSPS) is 20.1. The third-order valence-electron chi connectivity index (χ3n) is 1.44. The fourth-order valence-corrected chi connectivity index (χ4v) is 1.75. The maximum Gasteiger partial charge on any atom is 0.329 e. The maximum atomic E-state index is 11.2. The van der Waals surface area contributed by atoms with E-state index in [1.807, 2.05) is 0 Å². The molecule has 0 atom stereocenters. The molecule has 0 aromatic heterocycles. The number of aliphatic carboxylic acids is 1. The number of carboxylic acids is 1. The van der Waals surface area contributed by atoms with E-state index >= 15 is 0 Å². The summed E-state index contributed by atoms with van der Waals surface area (Å²) in [5.74, 6) is -1.75. The van der Waals surface area contributed by atoms with E-state index in [1.165, 1.54) is 0 Å². The Kier molecular flexibility index (Phi) is 2.72. The number of hydrogen-bond acceptors (Lipinski definition) is 4. The molecular formula is C7H7NO4S. The molecule has 0 spiro atoms. The predicted molar refractivity (Wildman–Crippen MR) is 46.1 cm³/mol. The maximum absolute atomic E-state index is 11.2. The van der Waals surface area contributed by atoms with Gasteiger partial charge in [-0.25, -0.2) is 4.79 Å². The molecule has 1 aliphatic rings. The number of rotatable bonds is 2. The van der Waals surface area contributed by atoms with E-state index in [4.69, 9.17) is 5.11 Å².